The van der Waals surface area contributed by atoms with E-state index in [4.69, 9.17) is 0 Å². The Balaban J connectivity index is 2.82. The molecule has 0 aromatic heterocycles. The summed E-state index contributed by atoms with van der Waals surface area (Å²) in [7, 11) is 0. The minimum atomic E-state index is 1.27. The standard InChI is InChI=1S/C7H7/c1-7-5-3-2-4-6-7/h2-3,5-6H,1H3/q+1. The third-order valence-electron chi connectivity index (χ3n) is 0.863. The van der Waals surface area contributed by atoms with Gasteiger partial charge in [-0.2, -0.15) is 0 Å². The molecule has 0 heterocycles. The minimum Gasteiger partial charge on any atom is 0.00774 e. The van der Waals surface area contributed by atoms with Crippen LogP contribution in [0.2, 0.25) is 0 Å². The lowest BCUT2D eigenvalue weighted by atomic mass is 10.2. The monoisotopic (exact) mass is 91.1 g/mol. The van der Waals surface area contributed by atoms with Crippen molar-refractivity contribution < 1.29 is 0 Å². The molecular weight excluding hydrogens is 84.1 g/mol. The summed E-state index contributed by atoms with van der Waals surface area (Å²) in [4.78, 5) is 0. The maximum atomic E-state index is 2.96. The van der Waals surface area contributed by atoms with Crippen LogP contribution in [0.4, 0.5) is 0 Å². The van der Waals surface area contributed by atoms with E-state index in [0.717, 1.165) is 0 Å². The van der Waals surface area contributed by atoms with Crippen molar-refractivity contribution in [3.63, 3.8) is 0 Å². The molecule has 1 aliphatic carbocycles. The summed E-state index contributed by atoms with van der Waals surface area (Å²) < 4.78 is 0. The van der Waals surface area contributed by atoms with E-state index in [0.29, 0.717) is 0 Å². The van der Waals surface area contributed by atoms with E-state index >= 15 is 0 Å². The maximum Gasteiger partial charge on any atom is 0.105 e. The van der Waals surface area contributed by atoms with Crippen molar-refractivity contribution in [1.82, 2.24) is 0 Å². The van der Waals surface area contributed by atoms with Gasteiger partial charge in [-0.25, -0.2) is 0 Å². The number of rotatable bonds is 0. The van der Waals surface area contributed by atoms with Gasteiger partial charge in [0.1, 0.15) is 12.2 Å². The highest BCUT2D eigenvalue weighted by atomic mass is 13.8. The molecule has 0 radical (unpaired) electrons. The molecule has 0 nitrogen and oxygen atoms in total. The van der Waals surface area contributed by atoms with Crippen LogP contribution in [0.5, 0.6) is 0 Å². The largest absolute Gasteiger partial charge is 0.105 e. The lowest BCUT2D eigenvalue weighted by molar-refractivity contribution is 1.49. The second-order valence-electron chi connectivity index (χ2n) is 1.58. The average molecular weight is 91.1 g/mol. The summed E-state index contributed by atoms with van der Waals surface area (Å²) in [6.07, 6.45) is 10.8. The fourth-order valence-electron chi connectivity index (χ4n) is 0.483. The van der Waals surface area contributed by atoms with Crippen LogP contribution >= 0.6 is 0 Å². The van der Waals surface area contributed by atoms with E-state index in [2.05, 4.69) is 19.1 Å². The molecule has 0 spiro atoms. The molecule has 0 aromatic carbocycles. The van der Waals surface area contributed by atoms with Crippen molar-refractivity contribution in [2.24, 2.45) is 0 Å². The van der Waals surface area contributed by atoms with Gasteiger partial charge >= 0.3 is 0 Å². The molecule has 1 rings (SSSR count). The van der Waals surface area contributed by atoms with Crippen LogP contribution in [0.25, 0.3) is 0 Å². The predicted octanol–water partition coefficient (Wildman–Crippen LogP) is 1.86. The van der Waals surface area contributed by atoms with Crippen LogP contribution in [0.1, 0.15) is 6.92 Å². The fourth-order valence-corrected chi connectivity index (χ4v) is 0.483. The number of hydrogen-bond donors (Lipinski definition) is 0. The Hall–Kier alpha value is -0.870. The van der Waals surface area contributed by atoms with Gasteiger partial charge in [-0.05, 0) is 0 Å². The molecule has 0 aliphatic heterocycles. The van der Waals surface area contributed by atoms with Gasteiger partial charge in [-0.1, -0.05) is 0 Å². The van der Waals surface area contributed by atoms with Crippen LogP contribution in [-0.2, 0) is 0 Å². The van der Waals surface area contributed by atoms with E-state index in [1.165, 1.54) is 5.57 Å². The van der Waals surface area contributed by atoms with Crippen molar-refractivity contribution in [2.75, 3.05) is 0 Å². The summed E-state index contributed by atoms with van der Waals surface area (Å²) in [5.74, 6) is 0. The zero-order valence-corrected chi connectivity index (χ0v) is 4.31. The number of allylic oxidation sites excluding steroid dienone is 6. The van der Waals surface area contributed by atoms with Crippen LogP contribution in [0.15, 0.2) is 29.9 Å². The fraction of sp³-hybridized carbons (Fsp3) is 0.143. The van der Waals surface area contributed by atoms with E-state index in [1.54, 1.807) is 0 Å². The van der Waals surface area contributed by atoms with Crippen molar-refractivity contribution in [3.8, 4) is 0 Å². The first-order valence-electron chi connectivity index (χ1n) is 2.32. The van der Waals surface area contributed by atoms with Gasteiger partial charge in [0.05, 0.1) is 11.6 Å². The third-order valence-corrected chi connectivity index (χ3v) is 0.863. The van der Waals surface area contributed by atoms with Gasteiger partial charge in [0.2, 0.25) is 0 Å². The summed E-state index contributed by atoms with van der Waals surface area (Å²) in [6.45, 7) is 2.05. The molecule has 0 bridgehead atoms. The quantitative estimate of drug-likeness (QED) is 0.399. The zero-order chi connectivity index (χ0) is 5.11. The van der Waals surface area contributed by atoms with E-state index in [-0.39, 0.29) is 0 Å². The van der Waals surface area contributed by atoms with Crippen molar-refractivity contribution in [2.45, 2.75) is 6.92 Å². The molecule has 1 aliphatic rings. The molecule has 0 fully saturated rings. The molecule has 0 aromatic rings. The Morgan fingerprint density at radius 2 is 2.43 bits per heavy atom. The maximum absolute atomic E-state index is 2.96. The van der Waals surface area contributed by atoms with Gasteiger partial charge in [-0.3, -0.25) is 0 Å². The minimum absolute atomic E-state index is 1.27. The Morgan fingerprint density at radius 3 is 2.71 bits per heavy atom. The molecule has 34 valence electrons. The summed E-state index contributed by atoms with van der Waals surface area (Å²) in [5, 5.41) is 0. The lowest BCUT2D eigenvalue weighted by Crippen LogP contribution is -1.69. The Kier molecular flexibility index (Phi) is 1.06. The summed E-state index contributed by atoms with van der Waals surface area (Å²) in [5.41, 5.74) is 1.27. The van der Waals surface area contributed by atoms with Gasteiger partial charge in [0.25, 0.3) is 0 Å². The first-order valence-corrected chi connectivity index (χ1v) is 2.32. The van der Waals surface area contributed by atoms with Crippen molar-refractivity contribution in [1.29, 1.82) is 0 Å². The normalized spacial score (nSPS) is 15.9. The molecular formula is C7H7+. The predicted molar refractivity (Wildman–Crippen MR) is 30.7 cm³/mol. The van der Waals surface area contributed by atoms with Gasteiger partial charge in [-0.15, -0.1) is 0 Å². The van der Waals surface area contributed by atoms with Crippen molar-refractivity contribution in [3.05, 3.63) is 36.0 Å². The Bertz CT molecular complexity index is 136. The smallest absolute Gasteiger partial charge is 0.00774 e. The SMILES string of the molecule is CC1=CC=C[C+]=C1. The highest BCUT2D eigenvalue weighted by molar-refractivity contribution is 5.27. The molecule has 0 saturated heterocycles. The van der Waals surface area contributed by atoms with E-state index in [1.807, 2.05) is 18.2 Å². The van der Waals surface area contributed by atoms with Gasteiger partial charge < -0.3 is 0 Å². The molecule has 0 N–H and O–H groups in total. The highest BCUT2D eigenvalue weighted by Crippen LogP contribution is 1.98. The first-order chi connectivity index (χ1) is 3.39. The molecule has 0 amide bonds. The van der Waals surface area contributed by atoms with Crippen LogP contribution in [0, 0.1) is 6.08 Å². The topological polar surface area (TPSA) is 0 Å². The molecule has 7 heavy (non-hydrogen) atoms. The Morgan fingerprint density at radius 1 is 1.57 bits per heavy atom. The second-order valence-corrected chi connectivity index (χ2v) is 1.58. The zero-order valence-electron chi connectivity index (χ0n) is 4.31. The number of hydrogen-bond acceptors (Lipinski definition) is 0. The Labute approximate surface area is 43.9 Å². The highest BCUT2D eigenvalue weighted by Gasteiger charge is 1.90. The third kappa shape index (κ3) is 0.989. The van der Waals surface area contributed by atoms with E-state index < -0.39 is 0 Å². The second kappa shape index (κ2) is 1.72. The van der Waals surface area contributed by atoms with E-state index in [9.17, 15) is 0 Å². The van der Waals surface area contributed by atoms with Crippen molar-refractivity contribution >= 4 is 0 Å². The molecule has 0 unspecified atom stereocenters. The van der Waals surface area contributed by atoms with Gasteiger partial charge in [0, 0.05) is 19.1 Å². The van der Waals surface area contributed by atoms with Crippen LogP contribution in [-0.4, -0.2) is 0 Å². The van der Waals surface area contributed by atoms with Gasteiger partial charge in [0.15, 0.2) is 0 Å². The average Bonchev–Trinajstić information content (AvgIpc) is 1.69. The van der Waals surface area contributed by atoms with Crippen LogP contribution in [0.3, 0.4) is 0 Å². The summed E-state index contributed by atoms with van der Waals surface area (Å²) in [6, 6.07) is 0. The lowest BCUT2D eigenvalue weighted by Gasteiger charge is -1.77. The van der Waals surface area contributed by atoms with Crippen LogP contribution < -0.4 is 0 Å². The molecule has 0 atom stereocenters. The summed E-state index contributed by atoms with van der Waals surface area (Å²) >= 11 is 0. The first kappa shape index (κ1) is 4.29. The molecule has 0 heteroatoms. The molecule has 0 saturated carbocycles.